The molecular formula is C14H10F3NO4S. The third kappa shape index (κ3) is 4.01. The lowest BCUT2D eigenvalue weighted by molar-refractivity contribution is -0.137. The molecule has 23 heavy (non-hydrogen) atoms. The van der Waals surface area contributed by atoms with E-state index in [0.29, 0.717) is 12.1 Å². The van der Waals surface area contributed by atoms with Crippen molar-refractivity contribution >= 4 is 21.7 Å². The molecule has 2 aromatic rings. The third-order valence-corrected chi connectivity index (χ3v) is 4.27. The van der Waals surface area contributed by atoms with Crippen molar-refractivity contribution in [1.29, 1.82) is 0 Å². The molecule has 0 aliphatic carbocycles. The number of anilines is 1. The summed E-state index contributed by atoms with van der Waals surface area (Å²) in [5.74, 6) is -1.16. The van der Waals surface area contributed by atoms with E-state index in [-0.39, 0.29) is 16.1 Å². The Labute approximate surface area is 129 Å². The second-order valence-corrected chi connectivity index (χ2v) is 6.19. The summed E-state index contributed by atoms with van der Waals surface area (Å²) in [6.07, 6.45) is -4.55. The van der Waals surface area contributed by atoms with Crippen LogP contribution in [-0.4, -0.2) is 19.5 Å². The Hall–Kier alpha value is -2.55. The SMILES string of the molecule is O=C(O)c1ccc(NS(=O)(=O)c2ccc(C(F)(F)F)cc2)cc1. The predicted molar refractivity (Wildman–Crippen MR) is 75.7 cm³/mol. The van der Waals surface area contributed by atoms with Gasteiger partial charge in [0.05, 0.1) is 16.0 Å². The molecule has 0 aliphatic rings. The second kappa shape index (κ2) is 5.92. The lowest BCUT2D eigenvalue weighted by Crippen LogP contribution is -2.13. The highest BCUT2D eigenvalue weighted by atomic mass is 32.2. The van der Waals surface area contributed by atoms with Gasteiger partial charge in [-0.2, -0.15) is 13.2 Å². The molecule has 0 radical (unpaired) electrons. The van der Waals surface area contributed by atoms with Crippen LogP contribution in [0.5, 0.6) is 0 Å². The first-order valence-corrected chi connectivity index (χ1v) is 7.61. The van der Waals surface area contributed by atoms with Crippen LogP contribution in [0.2, 0.25) is 0 Å². The highest BCUT2D eigenvalue weighted by Gasteiger charge is 2.30. The van der Waals surface area contributed by atoms with Crippen LogP contribution in [0.3, 0.4) is 0 Å². The molecule has 5 nitrogen and oxygen atoms in total. The van der Waals surface area contributed by atoms with Crippen LogP contribution in [0.15, 0.2) is 53.4 Å². The molecule has 122 valence electrons. The van der Waals surface area contributed by atoms with E-state index in [0.717, 1.165) is 12.1 Å². The molecule has 0 aliphatic heterocycles. The summed E-state index contributed by atoms with van der Waals surface area (Å²) >= 11 is 0. The summed E-state index contributed by atoms with van der Waals surface area (Å²) in [5, 5.41) is 8.75. The molecule has 0 saturated heterocycles. The number of halogens is 3. The Balaban J connectivity index is 2.23. The van der Waals surface area contributed by atoms with Gasteiger partial charge in [0.2, 0.25) is 0 Å². The second-order valence-electron chi connectivity index (χ2n) is 4.51. The molecule has 0 aromatic heterocycles. The smallest absolute Gasteiger partial charge is 0.416 e. The van der Waals surface area contributed by atoms with E-state index >= 15 is 0 Å². The number of aromatic carboxylic acids is 1. The van der Waals surface area contributed by atoms with Crippen molar-refractivity contribution in [3.8, 4) is 0 Å². The van der Waals surface area contributed by atoms with Crippen LogP contribution in [0.25, 0.3) is 0 Å². The lowest BCUT2D eigenvalue weighted by atomic mass is 10.2. The molecule has 2 rings (SSSR count). The number of sulfonamides is 1. The first-order valence-electron chi connectivity index (χ1n) is 6.13. The fourth-order valence-electron chi connectivity index (χ4n) is 1.72. The Kier molecular flexibility index (Phi) is 4.33. The minimum Gasteiger partial charge on any atom is -0.478 e. The van der Waals surface area contributed by atoms with Crippen LogP contribution >= 0.6 is 0 Å². The molecule has 0 bridgehead atoms. The number of nitrogens with one attached hydrogen (secondary N) is 1. The van der Waals surface area contributed by atoms with Crippen LogP contribution in [-0.2, 0) is 16.2 Å². The van der Waals surface area contributed by atoms with Gasteiger partial charge in [0, 0.05) is 5.69 Å². The van der Waals surface area contributed by atoms with Gasteiger partial charge < -0.3 is 5.11 Å². The number of carbonyl (C=O) groups is 1. The average Bonchev–Trinajstić information content (AvgIpc) is 2.46. The Morgan fingerprint density at radius 3 is 1.91 bits per heavy atom. The van der Waals surface area contributed by atoms with Gasteiger partial charge >= 0.3 is 12.1 Å². The van der Waals surface area contributed by atoms with Crippen molar-refractivity contribution in [1.82, 2.24) is 0 Å². The zero-order valence-corrected chi connectivity index (χ0v) is 12.1. The van der Waals surface area contributed by atoms with Crippen molar-refractivity contribution in [3.63, 3.8) is 0 Å². The van der Waals surface area contributed by atoms with Crippen LogP contribution in [0.4, 0.5) is 18.9 Å². The van der Waals surface area contributed by atoms with E-state index in [1.807, 2.05) is 0 Å². The van der Waals surface area contributed by atoms with Crippen molar-refractivity contribution in [3.05, 3.63) is 59.7 Å². The molecule has 2 aromatic carbocycles. The summed E-state index contributed by atoms with van der Waals surface area (Å²) < 4.78 is 63.7. The first kappa shape index (κ1) is 16.8. The third-order valence-electron chi connectivity index (χ3n) is 2.88. The molecule has 0 heterocycles. The fraction of sp³-hybridized carbons (Fsp3) is 0.0714. The quantitative estimate of drug-likeness (QED) is 0.891. The molecule has 2 N–H and O–H groups in total. The number of hydrogen-bond donors (Lipinski definition) is 2. The number of carboxylic acid groups (broad SMARTS) is 1. The van der Waals surface area contributed by atoms with Crippen LogP contribution < -0.4 is 4.72 Å². The first-order chi connectivity index (χ1) is 10.6. The molecule has 0 amide bonds. The molecule has 0 unspecified atom stereocenters. The maximum atomic E-state index is 12.5. The maximum absolute atomic E-state index is 12.5. The zero-order chi connectivity index (χ0) is 17.3. The zero-order valence-electron chi connectivity index (χ0n) is 11.3. The van der Waals surface area contributed by atoms with Gasteiger partial charge in [-0.1, -0.05) is 0 Å². The van der Waals surface area contributed by atoms with Crippen LogP contribution in [0, 0.1) is 0 Å². The fourth-order valence-corrected chi connectivity index (χ4v) is 2.78. The van der Waals surface area contributed by atoms with E-state index in [4.69, 9.17) is 5.11 Å². The number of benzene rings is 2. The summed E-state index contributed by atoms with van der Waals surface area (Å²) in [5.41, 5.74) is -0.889. The van der Waals surface area contributed by atoms with Gasteiger partial charge in [0.15, 0.2) is 0 Å². The molecule has 0 fully saturated rings. The highest BCUT2D eigenvalue weighted by Crippen LogP contribution is 2.30. The summed E-state index contributed by atoms with van der Waals surface area (Å²) in [7, 11) is -4.07. The maximum Gasteiger partial charge on any atom is 0.416 e. The van der Waals surface area contributed by atoms with E-state index in [9.17, 15) is 26.4 Å². The van der Waals surface area contributed by atoms with Gasteiger partial charge in [-0.3, -0.25) is 4.72 Å². The van der Waals surface area contributed by atoms with Gasteiger partial charge in [0.1, 0.15) is 0 Å². The molecule has 9 heteroatoms. The standard InChI is InChI=1S/C14H10F3NO4S/c15-14(16,17)10-3-7-12(8-4-10)23(21,22)18-11-5-1-9(2-6-11)13(19)20/h1-8,18H,(H,19,20). The van der Waals surface area contributed by atoms with E-state index in [2.05, 4.69) is 4.72 Å². The summed E-state index contributed by atoms with van der Waals surface area (Å²) in [6, 6.07) is 7.91. The molecular weight excluding hydrogens is 335 g/mol. The predicted octanol–water partition coefficient (Wildman–Crippen LogP) is 3.20. The summed E-state index contributed by atoms with van der Waals surface area (Å²) in [6.45, 7) is 0. The van der Waals surface area contributed by atoms with Crippen molar-refractivity contribution in [2.75, 3.05) is 4.72 Å². The minimum absolute atomic E-state index is 0.0255. The van der Waals surface area contributed by atoms with Gasteiger partial charge in [-0.15, -0.1) is 0 Å². The Morgan fingerprint density at radius 1 is 0.957 bits per heavy atom. The van der Waals surface area contributed by atoms with E-state index in [1.54, 1.807) is 0 Å². The lowest BCUT2D eigenvalue weighted by Gasteiger charge is -2.10. The van der Waals surface area contributed by atoms with E-state index in [1.165, 1.54) is 24.3 Å². The van der Waals surface area contributed by atoms with Gasteiger partial charge in [-0.25, -0.2) is 13.2 Å². The summed E-state index contributed by atoms with van der Waals surface area (Å²) in [4.78, 5) is 10.4. The largest absolute Gasteiger partial charge is 0.478 e. The van der Waals surface area contributed by atoms with Gasteiger partial charge in [0.25, 0.3) is 10.0 Å². The average molecular weight is 345 g/mol. The topological polar surface area (TPSA) is 83.5 Å². The normalized spacial score (nSPS) is 12.0. The van der Waals surface area contributed by atoms with Crippen LogP contribution in [0.1, 0.15) is 15.9 Å². The Morgan fingerprint density at radius 2 is 1.48 bits per heavy atom. The number of carboxylic acids is 1. The number of alkyl halides is 3. The molecule has 0 atom stereocenters. The monoisotopic (exact) mass is 345 g/mol. The number of hydrogen-bond acceptors (Lipinski definition) is 3. The van der Waals surface area contributed by atoms with E-state index < -0.39 is 27.7 Å². The van der Waals surface area contributed by atoms with Crippen molar-refractivity contribution in [2.24, 2.45) is 0 Å². The minimum atomic E-state index is -4.55. The number of rotatable bonds is 4. The molecule has 0 spiro atoms. The van der Waals surface area contributed by atoms with Crippen molar-refractivity contribution in [2.45, 2.75) is 11.1 Å². The molecule has 0 saturated carbocycles. The highest BCUT2D eigenvalue weighted by molar-refractivity contribution is 7.92. The van der Waals surface area contributed by atoms with Gasteiger partial charge in [-0.05, 0) is 48.5 Å². The van der Waals surface area contributed by atoms with Crippen molar-refractivity contribution < 1.29 is 31.5 Å². The Bertz CT molecular complexity index is 813.